The van der Waals surface area contributed by atoms with Gasteiger partial charge in [0, 0.05) is 24.2 Å². The molecule has 0 aliphatic heterocycles. The van der Waals surface area contributed by atoms with Crippen molar-refractivity contribution in [2.75, 3.05) is 26.4 Å². The highest BCUT2D eigenvalue weighted by Crippen LogP contribution is 2.28. The molecule has 0 saturated carbocycles. The molecular weight excluding hydrogens is 646 g/mol. The lowest BCUT2D eigenvalue weighted by Gasteiger charge is -2.32. The number of hydrogen-bond donors (Lipinski definition) is 5. The van der Waals surface area contributed by atoms with Gasteiger partial charge in [0.1, 0.15) is 18.1 Å². The van der Waals surface area contributed by atoms with Gasteiger partial charge in [-0.2, -0.15) is 0 Å². The van der Waals surface area contributed by atoms with Gasteiger partial charge in [0.05, 0.1) is 25.2 Å². The number of carbonyl (C=O) groups excluding carboxylic acids is 4. The minimum atomic E-state index is -1.19. The van der Waals surface area contributed by atoms with Crippen molar-refractivity contribution < 1.29 is 43.1 Å². The lowest BCUT2D eigenvalue weighted by atomic mass is 9.90. The zero-order valence-corrected chi connectivity index (χ0v) is 28.7. The molecule has 0 fully saturated rings. The lowest BCUT2D eigenvalue weighted by molar-refractivity contribution is -0.200. The predicted molar refractivity (Wildman–Crippen MR) is 185 cm³/mol. The molecule has 270 valence electrons. The van der Waals surface area contributed by atoms with E-state index >= 15 is 0 Å². The Bertz CT molecular complexity index is 1550. The first-order valence-corrected chi connectivity index (χ1v) is 16.8. The summed E-state index contributed by atoms with van der Waals surface area (Å²) < 4.78 is 11.4. The van der Waals surface area contributed by atoms with Crippen molar-refractivity contribution in [3.8, 4) is 17.1 Å². The fourth-order valence-electron chi connectivity index (χ4n) is 5.30. The Hall–Kier alpha value is -5.37. The van der Waals surface area contributed by atoms with Crippen LogP contribution in [0, 0.1) is 5.92 Å². The van der Waals surface area contributed by atoms with Gasteiger partial charge >= 0.3 is 6.09 Å². The van der Waals surface area contributed by atoms with Crippen LogP contribution in [0.3, 0.4) is 0 Å². The van der Waals surface area contributed by atoms with E-state index < -0.39 is 29.9 Å². The quantitative estimate of drug-likeness (QED) is 0.0430. The number of nitrogens with one attached hydrogen (secondary N) is 4. The summed E-state index contributed by atoms with van der Waals surface area (Å²) in [6, 6.07) is 16.8. The van der Waals surface area contributed by atoms with Crippen LogP contribution in [0.25, 0.3) is 11.3 Å². The predicted octanol–water partition coefficient (Wildman–Crippen LogP) is 4.71. The maximum Gasteiger partial charge on any atom is 0.404 e. The van der Waals surface area contributed by atoms with Crippen molar-refractivity contribution in [2.45, 2.75) is 65.5 Å². The molecule has 2 aromatic carbocycles. The highest BCUT2D eigenvalue weighted by molar-refractivity contribution is 5.96. The first kappa shape index (κ1) is 39.1. The Morgan fingerprint density at radius 2 is 1.66 bits per heavy atom. The Labute approximate surface area is 291 Å². The number of nitrogens with zero attached hydrogens (tertiary/aromatic N) is 1. The van der Waals surface area contributed by atoms with Crippen molar-refractivity contribution in [3.05, 3.63) is 77.6 Å². The second-order valence-corrected chi connectivity index (χ2v) is 11.4. The van der Waals surface area contributed by atoms with E-state index in [0.29, 0.717) is 42.9 Å². The first-order chi connectivity index (χ1) is 24.2. The van der Waals surface area contributed by atoms with E-state index in [0.717, 1.165) is 24.8 Å². The van der Waals surface area contributed by atoms with E-state index in [1.54, 1.807) is 31.2 Å². The zero-order chi connectivity index (χ0) is 36.3. The van der Waals surface area contributed by atoms with Crippen molar-refractivity contribution in [2.24, 2.45) is 5.92 Å². The molecular formula is C36H47N5O9. The molecule has 1 heterocycles. The molecule has 5 amide bonds. The van der Waals surface area contributed by atoms with Crippen LogP contribution in [0.2, 0.25) is 0 Å². The minimum absolute atomic E-state index is 0.0193. The van der Waals surface area contributed by atoms with Gasteiger partial charge in [-0.3, -0.25) is 24.0 Å². The van der Waals surface area contributed by atoms with Gasteiger partial charge in [-0.1, -0.05) is 63.4 Å². The van der Waals surface area contributed by atoms with Crippen LogP contribution in [0.15, 0.2) is 65.1 Å². The number of unbranched alkanes of at least 4 members (excludes halogenated alkanes) is 2. The van der Waals surface area contributed by atoms with Crippen LogP contribution >= 0.6 is 0 Å². The van der Waals surface area contributed by atoms with E-state index in [2.05, 4.69) is 28.2 Å². The summed E-state index contributed by atoms with van der Waals surface area (Å²) >= 11 is 0. The van der Waals surface area contributed by atoms with Gasteiger partial charge < -0.3 is 35.5 Å². The number of rotatable bonds is 22. The van der Waals surface area contributed by atoms with Crippen molar-refractivity contribution in [1.82, 2.24) is 26.3 Å². The number of carbonyl (C=O) groups is 5. The molecule has 0 saturated heterocycles. The van der Waals surface area contributed by atoms with Crippen molar-refractivity contribution in [3.63, 3.8) is 0 Å². The number of ether oxygens (including phenoxy) is 1. The molecule has 0 aliphatic carbocycles. The number of amides is 5. The molecule has 0 radical (unpaired) electrons. The fraction of sp³-hybridized carbons (Fsp3) is 0.417. The number of hydroxylamine groups is 2. The smallest absolute Gasteiger partial charge is 0.404 e. The van der Waals surface area contributed by atoms with Crippen molar-refractivity contribution in [1.29, 1.82) is 0 Å². The third-order valence-corrected chi connectivity index (χ3v) is 7.78. The van der Waals surface area contributed by atoms with E-state index in [4.69, 9.17) is 19.1 Å². The summed E-state index contributed by atoms with van der Waals surface area (Å²) in [7, 11) is 0. The van der Waals surface area contributed by atoms with Gasteiger partial charge in [0.15, 0.2) is 5.76 Å². The molecule has 0 aliphatic rings. The second kappa shape index (κ2) is 20.9. The van der Waals surface area contributed by atoms with Crippen molar-refractivity contribution >= 4 is 30.2 Å². The molecule has 0 unspecified atom stereocenters. The Morgan fingerprint density at radius 3 is 2.34 bits per heavy atom. The number of hydrogen-bond acceptors (Lipinski definition) is 8. The molecule has 5 N–H and O–H groups in total. The van der Waals surface area contributed by atoms with E-state index in [9.17, 15) is 24.0 Å². The highest BCUT2D eigenvalue weighted by atomic mass is 16.7. The number of carboxylic acid groups (broad SMARTS) is 1. The molecule has 2 atom stereocenters. The molecule has 50 heavy (non-hydrogen) atoms. The standard InChI is InChI=1S/C36H47N5O9/c1-4-7-9-14-29(30(5-2)41(24-42)49-22-25-12-10-8-11-13-25)34(44)39-23-40-35(45)32-16-15-31(50-32)26-19-27(21-28(20-26)48-6-3)33(43)37-17-18-38-36(46)47/h8,10-13,15-16,19-21,24,29-30,38H,4-7,9,14,17-18,22-23H2,1-3H3,(H,37,43)(H,39,44)(H,40,45)(H,46,47)/t29-,30-/m1/s1. The van der Waals surface area contributed by atoms with Crippen LogP contribution < -0.4 is 26.0 Å². The molecule has 0 spiro atoms. The maximum atomic E-state index is 13.5. The normalized spacial score (nSPS) is 11.9. The lowest BCUT2D eigenvalue weighted by Crippen LogP contribution is -2.48. The van der Waals surface area contributed by atoms with Crippen LogP contribution in [0.5, 0.6) is 5.75 Å². The topological polar surface area (TPSA) is 189 Å². The summed E-state index contributed by atoms with van der Waals surface area (Å²) in [4.78, 5) is 67.8. The Balaban J connectivity index is 1.65. The number of benzene rings is 2. The summed E-state index contributed by atoms with van der Waals surface area (Å²) in [5.41, 5.74) is 1.62. The van der Waals surface area contributed by atoms with Gasteiger partial charge in [-0.15, -0.1) is 0 Å². The first-order valence-electron chi connectivity index (χ1n) is 16.8. The van der Waals surface area contributed by atoms with E-state index in [1.807, 2.05) is 37.3 Å². The van der Waals surface area contributed by atoms with Gasteiger partial charge in [0.25, 0.3) is 11.8 Å². The molecule has 3 rings (SSSR count). The number of furan rings is 1. The van der Waals surface area contributed by atoms with Crippen LogP contribution in [0.4, 0.5) is 4.79 Å². The maximum absolute atomic E-state index is 13.5. The molecule has 14 nitrogen and oxygen atoms in total. The SMILES string of the molecule is CCCCC[C@@H](C(=O)NCNC(=O)c1ccc(-c2cc(OCC)cc(C(=O)NCCNC(=O)O)c2)o1)[C@@H](CC)N(C=O)OCc1ccccc1. The average molecular weight is 694 g/mol. The van der Waals surface area contributed by atoms with E-state index in [-0.39, 0.29) is 43.6 Å². The van der Waals surface area contributed by atoms with Gasteiger partial charge in [0.2, 0.25) is 12.3 Å². The average Bonchev–Trinajstić information content (AvgIpc) is 3.62. The third-order valence-electron chi connectivity index (χ3n) is 7.78. The van der Waals surface area contributed by atoms with Gasteiger partial charge in [-0.05, 0) is 55.7 Å². The summed E-state index contributed by atoms with van der Waals surface area (Å²) in [6.07, 6.45) is 3.10. The monoisotopic (exact) mass is 693 g/mol. The van der Waals surface area contributed by atoms with Crippen LogP contribution in [-0.2, 0) is 21.0 Å². The zero-order valence-electron chi connectivity index (χ0n) is 28.7. The van der Waals surface area contributed by atoms with Crippen LogP contribution in [-0.4, -0.2) is 72.8 Å². The van der Waals surface area contributed by atoms with E-state index in [1.165, 1.54) is 11.1 Å². The second-order valence-electron chi connectivity index (χ2n) is 11.4. The molecule has 1 aromatic heterocycles. The molecule has 0 bridgehead atoms. The van der Waals surface area contributed by atoms with Gasteiger partial charge in [-0.25, -0.2) is 9.86 Å². The highest BCUT2D eigenvalue weighted by Gasteiger charge is 2.32. The minimum Gasteiger partial charge on any atom is -0.494 e. The summed E-state index contributed by atoms with van der Waals surface area (Å²) in [5, 5.41) is 20.2. The summed E-state index contributed by atoms with van der Waals surface area (Å²) in [5.74, 6) is -1.23. The Morgan fingerprint density at radius 1 is 0.900 bits per heavy atom. The molecule has 14 heteroatoms. The fourth-order valence-corrected chi connectivity index (χ4v) is 5.30. The van der Waals surface area contributed by atoms with Crippen LogP contribution in [0.1, 0.15) is 79.4 Å². The molecule has 3 aromatic rings. The third kappa shape index (κ3) is 12.3. The Kier molecular flexibility index (Phi) is 16.3. The summed E-state index contributed by atoms with van der Waals surface area (Å²) in [6.45, 7) is 6.22. The largest absolute Gasteiger partial charge is 0.494 e.